The molecular weight excluding hydrogens is 150 g/mol. The molecule has 0 spiro atoms. The lowest BCUT2D eigenvalue weighted by molar-refractivity contribution is -0.0412. The fraction of sp³-hybridized carbons (Fsp3) is 1.00. The quantitative estimate of drug-likeness (QED) is 0.627. The highest BCUT2D eigenvalue weighted by atomic mass is 16.5. The summed E-state index contributed by atoms with van der Waals surface area (Å²) < 4.78 is 5.46. The molecule has 1 rings (SSSR count). The Morgan fingerprint density at radius 1 is 1.25 bits per heavy atom. The molecule has 12 heavy (non-hydrogen) atoms. The van der Waals surface area contributed by atoms with Crippen molar-refractivity contribution >= 4 is 0 Å². The van der Waals surface area contributed by atoms with Gasteiger partial charge in [0.2, 0.25) is 0 Å². The third-order valence-electron chi connectivity index (χ3n) is 2.43. The standard InChI is InChI=1S/C10H21NO/c1-8(2)5-11-9(3)6-12-7-10(11)4/h8-10H,5-7H2,1-4H3/t9-,10-/m0/s1. The zero-order valence-electron chi connectivity index (χ0n) is 8.71. The summed E-state index contributed by atoms with van der Waals surface area (Å²) in [5.41, 5.74) is 0. The van der Waals surface area contributed by atoms with Gasteiger partial charge in [-0.05, 0) is 19.8 Å². The summed E-state index contributed by atoms with van der Waals surface area (Å²) in [4.78, 5) is 2.55. The Hall–Kier alpha value is -0.0800. The molecule has 0 N–H and O–H groups in total. The maximum absolute atomic E-state index is 5.46. The normalized spacial score (nSPS) is 32.8. The molecule has 2 nitrogen and oxygen atoms in total. The maximum atomic E-state index is 5.46. The van der Waals surface area contributed by atoms with Gasteiger partial charge in [-0.2, -0.15) is 0 Å². The average Bonchev–Trinajstić information content (AvgIpc) is 1.97. The third-order valence-corrected chi connectivity index (χ3v) is 2.43. The Kier molecular flexibility index (Phi) is 3.53. The SMILES string of the molecule is CC(C)CN1[C@@H](C)COC[C@@H]1C. The van der Waals surface area contributed by atoms with E-state index in [1.54, 1.807) is 0 Å². The van der Waals surface area contributed by atoms with Crippen LogP contribution in [0.1, 0.15) is 27.7 Å². The van der Waals surface area contributed by atoms with E-state index in [-0.39, 0.29) is 0 Å². The predicted molar refractivity (Wildman–Crippen MR) is 51.3 cm³/mol. The van der Waals surface area contributed by atoms with E-state index in [2.05, 4.69) is 32.6 Å². The summed E-state index contributed by atoms with van der Waals surface area (Å²) in [5, 5.41) is 0. The third kappa shape index (κ3) is 2.46. The van der Waals surface area contributed by atoms with Crippen LogP contribution in [-0.4, -0.2) is 36.7 Å². The summed E-state index contributed by atoms with van der Waals surface area (Å²) in [6.07, 6.45) is 0. The second kappa shape index (κ2) is 4.24. The molecule has 1 heterocycles. The van der Waals surface area contributed by atoms with Crippen LogP contribution in [0.15, 0.2) is 0 Å². The van der Waals surface area contributed by atoms with Gasteiger partial charge in [0.1, 0.15) is 0 Å². The van der Waals surface area contributed by atoms with Crippen molar-refractivity contribution in [2.24, 2.45) is 5.92 Å². The van der Waals surface area contributed by atoms with E-state index in [4.69, 9.17) is 4.74 Å². The van der Waals surface area contributed by atoms with E-state index in [0.717, 1.165) is 19.1 Å². The lowest BCUT2D eigenvalue weighted by atomic mass is 10.1. The van der Waals surface area contributed by atoms with E-state index in [9.17, 15) is 0 Å². The first-order valence-electron chi connectivity index (χ1n) is 4.94. The largest absolute Gasteiger partial charge is 0.378 e. The molecule has 0 aromatic rings. The van der Waals surface area contributed by atoms with Gasteiger partial charge in [-0.1, -0.05) is 13.8 Å². The lowest BCUT2D eigenvalue weighted by Gasteiger charge is -2.39. The molecule has 0 aromatic carbocycles. The summed E-state index contributed by atoms with van der Waals surface area (Å²) in [7, 11) is 0. The molecule has 0 amide bonds. The Balaban J connectivity index is 2.45. The van der Waals surface area contributed by atoms with Crippen LogP contribution in [-0.2, 0) is 4.74 Å². The van der Waals surface area contributed by atoms with Crippen LogP contribution < -0.4 is 0 Å². The Bertz CT molecular complexity index is 126. The fourth-order valence-electron chi connectivity index (χ4n) is 1.82. The van der Waals surface area contributed by atoms with Gasteiger partial charge in [0.25, 0.3) is 0 Å². The van der Waals surface area contributed by atoms with Crippen LogP contribution in [0.2, 0.25) is 0 Å². The minimum atomic E-state index is 0.594. The van der Waals surface area contributed by atoms with Crippen LogP contribution in [0.3, 0.4) is 0 Å². The summed E-state index contributed by atoms with van der Waals surface area (Å²) in [6, 6.07) is 1.19. The van der Waals surface area contributed by atoms with E-state index >= 15 is 0 Å². The summed E-state index contributed by atoms with van der Waals surface area (Å²) >= 11 is 0. The first-order chi connectivity index (χ1) is 5.61. The van der Waals surface area contributed by atoms with Crippen molar-refractivity contribution in [3.8, 4) is 0 Å². The van der Waals surface area contributed by atoms with Gasteiger partial charge in [-0.15, -0.1) is 0 Å². The van der Waals surface area contributed by atoms with Crippen molar-refractivity contribution in [3.05, 3.63) is 0 Å². The van der Waals surface area contributed by atoms with E-state index in [1.165, 1.54) is 6.54 Å². The van der Waals surface area contributed by atoms with Crippen LogP contribution in [0.5, 0.6) is 0 Å². The summed E-state index contributed by atoms with van der Waals surface area (Å²) in [6.45, 7) is 12.0. The van der Waals surface area contributed by atoms with Crippen LogP contribution in [0.4, 0.5) is 0 Å². The van der Waals surface area contributed by atoms with Gasteiger partial charge in [0.15, 0.2) is 0 Å². The van der Waals surface area contributed by atoms with Crippen LogP contribution in [0.25, 0.3) is 0 Å². The van der Waals surface area contributed by atoms with E-state index in [1.807, 2.05) is 0 Å². The van der Waals surface area contributed by atoms with Gasteiger partial charge in [0.05, 0.1) is 13.2 Å². The number of hydrogen-bond donors (Lipinski definition) is 0. The minimum Gasteiger partial charge on any atom is -0.378 e. The first kappa shape index (κ1) is 10.0. The Labute approximate surface area is 75.9 Å². The molecular formula is C10H21NO. The molecule has 0 radical (unpaired) electrons. The molecule has 0 bridgehead atoms. The lowest BCUT2D eigenvalue weighted by Crippen LogP contribution is -2.50. The van der Waals surface area contributed by atoms with Crippen molar-refractivity contribution in [2.45, 2.75) is 39.8 Å². The zero-order valence-corrected chi connectivity index (χ0v) is 8.71. The van der Waals surface area contributed by atoms with Gasteiger partial charge in [-0.3, -0.25) is 4.90 Å². The van der Waals surface area contributed by atoms with Gasteiger partial charge in [0, 0.05) is 18.6 Å². The molecule has 0 saturated carbocycles. The predicted octanol–water partition coefficient (Wildman–Crippen LogP) is 1.75. The fourth-order valence-corrected chi connectivity index (χ4v) is 1.82. The molecule has 1 aliphatic heterocycles. The Morgan fingerprint density at radius 2 is 1.75 bits per heavy atom. The highest BCUT2D eigenvalue weighted by Crippen LogP contribution is 2.14. The molecule has 0 unspecified atom stereocenters. The molecule has 1 saturated heterocycles. The number of ether oxygens (including phenoxy) is 1. The van der Waals surface area contributed by atoms with Crippen molar-refractivity contribution in [1.29, 1.82) is 0 Å². The van der Waals surface area contributed by atoms with E-state index < -0.39 is 0 Å². The zero-order chi connectivity index (χ0) is 9.14. The van der Waals surface area contributed by atoms with E-state index in [0.29, 0.717) is 12.1 Å². The molecule has 2 atom stereocenters. The topological polar surface area (TPSA) is 12.5 Å². The first-order valence-corrected chi connectivity index (χ1v) is 4.94. The van der Waals surface area contributed by atoms with Crippen molar-refractivity contribution < 1.29 is 4.74 Å². The molecule has 1 fully saturated rings. The van der Waals surface area contributed by atoms with Crippen molar-refractivity contribution in [1.82, 2.24) is 4.90 Å². The molecule has 0 aliphatic carbocycles. The number of hydrogen-bond acceptors (Lipinski definition) is 2. The van der Waals surface area contributed by atoms with Crippen LogP contribution in [0, 0.1) is 5.92 Å². The summed E-state index contributed by atoms with van der Waals surface area (Å²) in [5.74, 6) is 0.757. The molecule has 0 aromatic heterocycles. The number of rotatable bonds is 2. The van der Waals surface area contributed by atoms with Crippen molar-refractivity contribution in [3.63, 3.8) is 0 Å². The minimum absolute atomic E-state index is 0.594. The smallest absolute Gasteiger partial charge is 0.0620 e. The monoisotopic (exact) mass is 171 g/mol. The average molecular weight is 171 g/mol. The highest BCUT2D eigenvalue weighted by Gasteiger charge is 2.25. The van der Waals surface area contributed by atoms with Gasteiger partial charge < -0.3 is 4.74 Å². The second-order valence-electron chi connectivity index (χ2n) is 4.33. The number of morpholine rings is 1. The van der Waals surface area contributed by atoms with Crippen LogP contribution >= 0.6 is 0 Å². The Morgan fingerprint density at radius 3 is 2.17 bits per heavy atom. The van der Waals surface area contributed by atoms with Crippen molar-refractivity contribution in [2.75, 3.05) is 19.8 Å². The highest BCUT2D eigenvalue weighted by molar-refractivity contribution is 4.78. The number of nitrogens with zero attached hydrogens (tertiary/aromatic N) is 1. The maximum Gasteiger partial charge on any atom is 0.0620 e. The molecule has 1 aliphatic rings. The van der Waals surface area contributed by atoms with Gasteiger partial charge in [-0.25, -0.2) is 0 Å². The molecule has 72 valence electrons. The molecule has 2 heteroatoms. The van der Waals surface area contributed by atoms with Gasteiger partial charge >= 0.3 is 0 Å². The second-order valence-corrected chi connectivity index (χ2v) is 4.33.